The highest BCUT2D eigenvalue weighted by Crippen LogP contribution is 2.28. The van der Waals surface area contributed by atoms with Crippen molar-refractivity contribution in [3.8, 4) is 23.3 Å². The van der Waals surface area contributed by atoms with Crippen LogP contribution in [-0.4, -0.2) is 43.8 Å². The number of aromatic nitrogens is 1. The summed E-state index contributed by atoms with van der Waals surface area (Å²) in [5.74, 6) is 4.80. The zero-order valence-electron chi connectivity index (χ0n) is 21.3. The van der Waals surface area contributed by atoms with Gasteiger partial charge in [0.2, 0.25) is 10.0 Å². The molecule has 0 aliphatic rings. The van der Waals surface area contributed by atoms with Crippen molar-refractivity contribution >= 4 is 26.9 Å². The van der Waals surface area contributed by atoms with Gasteiger partial charge in [0.1, 0.15) is 30.0 Å². The Bertz CT molecular complexity index is 1640. The van der Waals surface area contributed by atoms with Crippen LogP contribution in [0.5, 0.6) is 11.5 Å². The molecule has 2 N–H and O–H groups in total. The molecule has 0 spiro atoms. The third kappa shape index (κ3) is 6.76. The van der Waals surface area contributed by atoms with Crippen molar-refractivity contribution in [2.24, 2.45) is 0 Å². The zero-order chi connectivity index (χ0) is 28.0. The van der Waals surface area contributed by atoms with Gasteiger partial charge in [0.15, 0.2) is 0 Å². The van der Waals surface area contributed by atoms with Gasteiger partial charge >= 0.3 is 5.97 Å². The standard InChI is InChI=1S/C29H27FN2O6S/c1-3-4-15-38-23-9-12-25(13-10-23)39(35,36)31-27(29(33)34)16-21-19-32(18-20-5-7-22(30)8-6-20)28-14-11-24(37-2)17-26(21)28/h5-14,17,19,27,31H,15-16,18H2,1-2H3,(H,33,34)/t27-/m0/s1. The Morgan fingerprint density at radius 1 is 1.08 bits per heavy atom. The van der Waals surface area contributed by atoms with Crippen LogP contribution in [0.3, 0.4) is 0 Å². The molecule has 0 radical (unpaired) electrons. The summed E-state index contributed by atoms with van der Waals surface area (Å²) in [6.45, 7) is 2.26. The van der Waals surface area contributed by atoms with Gasteiger partial charge in [0.25, 0.3) is 0 Å². The van der Waals surface area contributed by atoms with E-state index in [4.69, 9.17) is 9.47 Å². The van der Waals surface area contributed by atoms with Crippen LogP contribution in [0.4, 0.5) is 4.39 Å². The van der Waals surface area contributed by atoms with Crippen molar-refractivity contribution in [1.29, 1.82) is 0 Å². The first-order chi connectivity index (χ1) is 18.7. The van der Waals surface area contributed by atoms with E-state index in [-0.39, 0.29) is 23.7 Å². The Hall–Kier alpha value is -4.33. The molecule has 0 fully saturated rings. The quantitative estimate of drug-likeness (QED) is 0.271. The van der Waals surface area contributed by atoms with Gasteiger partial charge in [-0.3, -0.25) is 4.79 Å². The number of methoxy groups -OCH3 is 1. The van der Waals surface area contributed by atoms with Crippen molar-refractivity contribution in [1.82, 2.24) is 9.29 Å². The van der Waals surface area contributed by atoms with Crippen molar-refractivity contribution in [2.45, 2.75) is 30.8 Å². The van der Waals surface area contributed by atoms with Crippen molar-refractivity contribution < 1.29 is 32.2 Å². The molecule has 0 unspecified atom stereocenters. The number of ether oxygens (including phenoxy) is 2. The number of sulfonamides is 1. The SMILES string of the molecule is CC#CCOc1ccc(S(=O)(=O)N[C@@H](Cc2cn(Cc3ccc(F)cc3)c3ccc(OC)cc23)C(=O)O)cc1. The first kappa shape index (κ1) is 27.7. The van der Waals surface area contributed by atoms with E-state index in [1.807, 2.05) is 10.6 Å². The first-order valence-electron chi connectivity index (χ1n) is 12.0. The summed E-state index contributed by atoms with van der Waals surface area (Å²) in [5.41, 5.74) is 2.26. The number of fused-ring (bicyclic) bond motifs is 1. The fourth-order valence-electron chi connectivity index (χ4n) is 4.12. The van der Waals surface area contributed by atoms with Crippen molar-refractivity contribution in [3.05, 3.63) is 89.9 Å². The number of halogens is 1. The van der Waals surface area contributed by atoms with Gasteiger partial charge in [-0.05, 0) is 72.6 Å². The number of carboxylic acid groups (broad SMARTS) is 1. The second-order valence-corrected chi connectivity index (χ2v) is 10.4. The number of carbonyl (C=O) groups is 1. The minimum absolute atomic E-state index is 0.0944. The number of hydrogen-bond acceptors (Lipinski definition) is 5. The highest BCUT2D eigenvalue weighted by atomic mass is 32.2. The number of carboxylic acids is 1. The van der Waals surface area contributed by atoms with Crippen LogP contribution in [0, 0.1) is 17.7 Å². The number of nitrogens with one attached hydrogen (secondary N) is 1. The Morgan fingerprint density at radius 2 is 1.77 bits per heavy atom. The van der Waals surface area contributed by atoms with Crippen molar-refractivity contribution in [2.75, 3.05) is 13.7 Å². The number of rotatable bonds is 11. The van der Waals surface area contributed by atoms with E-state index >= 15 is 0 Å². The molecule has 1 aromatic heterocycles. The van der Waals surface area contributed by atoms with Gasteiger partial charge in [0.05, 0.1) is 12.0 Å². The van der Waals surface area contributed by atoms with Crippen LogP contribution in [-0.2, 0) is 27.8 Å². The van der Waals surface area contributed by atoms with Gasteiger partial charge in [-0.25, -0.2) is 12.8 Å². The van der Waals surface area contributed by atoms with E-state index in [1.165, 1.54) is 43.5 Å². The Labute approximate surface area is 226 Å². The van der Waals surface area contributed by atoms with Crippen LogP contribution in [0.1, 0.15) is 18.1 Å². The fraction of sp³-hybridized carbons (Fsp3) is 0.207. The molecule has 10 heteroatoms. The second kappa shape index (κ2) is 12.0. The molecule has 0 saturated heterocycles. The lowest BCUT2D eigenvalue weighted by Crippen LogP contribution is -2.42. The molecule has 1 heterocycles. The summed E-state index contributed by atoms with van der Waals surface area (Å²) in [6, 6.07) is 15.7. The maximum Gasteiger partial charge on any atom is 0.322 e. The molecule has 0 saturated carbocycles. The maximum absolute atomic E-state index is 13.4. The summed E-state index contributed by atoms with van der Waals surface area (Å²) in [7, 11) is -2.63. The average molecular weight is 551 g/mol. The number of aliphatic carboxylic acids is 1. The van der Waals surface area contributed by atoms with Crippen LogP contribution >= 0.6 is 0 Å². The fourth-order valence-corrected chi connectivity index (χ4v) is 5.31. The molecule has 8 nitrogen and oxygen atoms in total. The topological polar surface area (TPSA) is 107 Å². The lowest BCUT2D eigenvalue weighted by molar-refractivity contribution is -0.138. The Kier molecular flexibility index (Phi) is 8.54. The predicted molar refractivity (Wildman–Crippen MR) is 145 cm³/mol. The smallest absolute Gasteiger partial charge is 0.322 e. The second-order valence-electron chi connectivity index (χ2n) is 8.69. The van der Waals surface area contributed by atoms with Gasteiger partial charge in [-0.2, -0.15) is 4.72 Å². The molecule has 4 aromatic rings. The van der Waals surface area contributed by atoms with Gasteiger partial charge in [-0.1, -0.05) is 18.1 Å². The molecule has 4 rings (SSSR count). The monoisotopic (exact) mass is 550 g/mol. The van der Waals surface area contributed by atoms with Gasteiger partial charge < -0.3 is 19.1 Å². The highest BCUT2D eigenvalue weighted by molar-refractivity contribution is 7.89. The molecular formula is C29H27FN2O6S. The molecule has 202 valence electrons. The van der Waals surface area contributed by atoms with Gasteiger partial charge in [-0.15, -0.1) is 5.92 Å². The van der Waals surface area contributed by atoms with E-state index in [0.29, 0.717) is 23.6 Å². The number of hydrogen-bond donors (Lipinski definition) is 2. The predicted octanol–water partition coefficient (Wildman–Crippen LogP) is 4.21. The van der Waals surface area contributed by atoms with E-state index in [1.54, 1.807) is 37.4 Å². The average Bonchev–Trinajstić information content (AvgIpc) is 3.25. The molecular weight excluding hydrogens is 523 g/mol. The largest absolute Gasteiger partial charge is 0.497 e. The molecule has 0 aliphatic heterocycles. The molecule has 0 aliphatic carbocycles. The summed E-state index contributed by atoms with van der Waals surface area (Å²) in [6.07, 6.45) is 1.66. The van der Waals surface area contributed by atoms with E-state index in [9.17, 15) is 22.7 Å². The van der Waals surface area contributed by atoms with Crippen LogP contribution < -0.4 is 14.2 Å². The summed E-state index contributed by atoms with van der Waals surface area (Å²) >= 11 is 0. The zero-order valence-corrected chi connectivity index (χ0v) is 22.2. The Balaban J connectivity index is 1.61. The van der Waals surface area contributed by atoms with Crippen LogP contribution in [0.2, 0.25) is 0 Å². The summed E-state index contributed by atoms with van der Waals surface area (Å²) in [5, 5.41) is 10.6. The van der Waals surface area contributed by atoms with Crippen molar-refractivity contribution in [3.63, 3.8) is 0 Å². The number of benzene rings is 3. The van der Waals surface area contributed by atoms with E-state index in [2.05, 4.69) is 16.6 Å². The van der Waals surface area contributed by atoms with E-state index in [0.717, 1.165) is 16.5 Å². The summed E-state index contributed by atoms with van der Waals surface area (Å²) < 4.78 is 54.5. The van der Waals surface area contributed by atoms with Crippen LogP contribution in [0.15, 0.2) is 77.8 Å². The molecule has 0 amide bonds. The van der Waals surface area contributed by atoms with Crippen LogP contribution in [0.25, 0.3) is 10.9 Å². The maximum atomic E-state index is 13.4. The van der Waals surface area contributed by atoms with Gasteiger partial charge in [0, 0.05) is 30.1 Å². The third-order valence-corrected chi connectivity index (χ3v) is 7.57. The molecule has 0 bridgehead atoms. The lowest BCUT2D eigenvalue weighted by Gasteiger charge is -2.15. The Morgan fingerprint density at radius 3 is 2.41 bits per heavy atom. The molecule has 39 heavy (non-hydrogen) atoms. The lowest BCUT2D eigenvalue weighted by atomic mass is 10.1. The minimum atomic E-state index is -4.16. The summed E-state index contributed by atoms with van der Waals surface area (Å²) in [4.78, 5) is 12.1. The molecule has 1 atom stereocenters. The number of nitrogens with zero attached hydrogens (tertiary/aromatic N) is 1. The molecule has 3 aromatic carbocycles. The highest BCUT2D eigenvalue weighted by Gasteiger charge is 2.27. The third-order valence-electron chi connectivity index (χ3n) is 6.08. The first-order valence-corrected chi connectivity index (χ1v) is 13.5. The normalized spacial score (nSPS) is 12.0. The van der Waals surface area contributed by atoms with E-state index < -0.39 is 22.0 Å². The minimum Gasteiger partial charge on any atom is -0.497 e.